The van der Waals surface area contributed by atoms with E-state index in [2.05, 4.69) is 10.3 Å². The van der Waals surface area contributed by atoms with Crippen molar-refractivity contribution in [1.82, 2.24) is 10.3 Å². The molecule has 0 spiro atoms. The highest BCUT2D eigenvalue weighted by atomic mass is 16.1. The molecule has 1 rings (SSSR count). The lowest BCUT2D eigenvalue weighted by Gasteiger charge is -2.24. The first-order chi connectivity index (χ1) is 7.56. The van der Waals surface area contributed by atoms with Gasteiger partial charge in [-0.05, 0) is 12.1 Å². The van der Waals surface area contributed by atoms with Gasteiger partial charge in [-0.1, -0.05) is 19.9 Å². The fourth-order valence-corrected chi connectivity index (χ4v) is 1.31. The summed E-state index contributed by atoms with van der Waals surface area (Å²) in [6.07, 6.45) is 1.63. The van der Waals surface area contributed by atoms with Crippen LogP contribution >= 0.6 is 0 Å². The van der Waals surface area contributed by atoms with E-state index in [4.69, 9.17) is 5.26 Å². The van der Waals surface area contributed by atoms with Crippen LogP contribution in [0, 0.1) is 11.3 Å². The van der Waals surface area contributed by atoms with Gasteiger partial charge < -0.3 is 5.32 Å². The molecule has 84 valence electrons. The summed E-state index contributed by atoms with van der Waals surface area (Å²) in [5.74, 6) is -0.244. The summed E-state index contributed by atoms with van der Waals surface area (Å²) >= 11 is 0. The highest BCUT2D eigenvalue weighted by Crippen LogP contribution is 2.19. The van der Waals surface area contributed by atoms with Crippen LogP contribution in [0.1, 0.15) is 26.0 Å². The van der Waals surface area contributed by atoms with Gasteiger partial charge in [-0.25, -0.2) is 0 Å². The minimum atomic E-state index is -0.244. The van der Waals surface area contributed by atoms with Gasteiger partial charge >= 0.3 is 0 Å². The summed E-state index contributed by atoms with van der Waals surface area (Å²) in [7, 11) is 0. The average molecular weight is 217 g/mol. The second-order valence-corrected chi connectivity index (χ2v) is 4.21. The lowest BCUT2D eigenvalue weighted by molar-refractivity contribution is -0.120. The summed E-state index contributed by atoms with van der Waals surface area (Å²) in [6.45, 7) is 4.48. The summed E-state index contributed by atoms with van der Waals surface area (Å²) in [4.78, 5) is 15.4. The predicted molar refractivity (Wildman–Crippen MR) is 60.5 cm³/mol. The van der Waals surface area contributed by atoms with E-state index < -0.39 is 0 Å². The molecule has 0 aliphatic heterocycles. The molecule has 0 saturated carbocycles. The molecule has 0 atom stereocenters. The Morgan fingerprint density at radius 2 is 2.31 bits per heavy atom. The molecule has 16 heavy (non-hydrogen) atoms. The van der Waals surface area contributed by atoms with Crippen molar-refractivity contribution in [3.05, 3.63) is 30.1 Å². The van der Waals surface area contributed by atoms with Crippen LogP contribution in [0.4, 0.5) is 0 Å². The molecule has 0 aromatic carbocycles. The number of rotatable bonds is 4. The Balaban J connectivity index is 2.60. The Morgan fingerprint density at radius 3 is 2.88 bits per heavy atom. The van der Waals surface area contributed by atoms with Crippen LogP contribution < -0.4 is 5.32 Å². The number of nitriles is 1. The van der Waals surface area contributed by atoms with Gasteiger partial charge in [-0.15, -0.1) is 0 Å². The molecule has 4 heteroatoms. The van der Waals surface area contributed by atoms with Crippen LogP contribution in [0.3, 0.4) is 0 Å². The van der Waals surface area contributed by atoms with Crippen molar-refractivity contribution in [3.8, 4) is 6.07 Å². The molecule has 1 aromatic heterocycles. The fourth-order valence-electron chi connectivity index (χ4n) is 1.31. The third-order valence-electron chi connectivity index (χ3n) is 2.33. The van der Waals surface area contributed by atoms with Gasteiger partial charge in [-0.2, -0.15) is 5.26 Å². The van der Waals surface area contributed by atoms with Crippen molar-refractivity contribution < 1.29 is 4.79 Å². The standard InChI is InChI=1S/C12H15N3O/c1-12(2,9-15-11(16)6-7-13)10-5-3-4-8-14-10/h3-5,8H,6,9H2,1-2H3,(H,15,16). The van der Waals surface area contributed by atoms with E-state index in [-0.39, 0.29) is 17.7 Å². The van der Waals surface area contributed by atoms with Gasteiger partial charge in [0, 0.05) is 23.9 Å². The number of nitrogens with one attached hydrogen (secondary N) is 1. The Bertz CT molecular complexity index is 392. The maximum absolute atomic E-state index is 11.2. The third kappa shape index (κ3) is 3.35. The smallest absolute Gasteiger partial charge is 0.234 e. The molecule has 1 amide bonds. The molecule has 0 radical (unpaired) electrons. The zero-order chi connectivity index (χ0) is 12.0. The van der Waals surface area contributed by atoms with Gasteiger partial charge in [0.1, 0.15) is 6.42 Å². The molecule has 0 aliphatic carbocycles. The zero-order valence-corrected chi connectivity index (χ0v) is 9.53. The summed E-state index contributed by atoms with van der Waals surface area (Å²) in [5, 5.41) is 11.1. The van der Waals surface area contributed by atoms with Crippen LogP contribution in [0.25, 0.3) is 0 Å². The van der Waals surface area contributed by atoms with Crippen LogP contribution in [0.2, 0.25) is 0 Å². The first kappa shape index (κ1) is 12.2. The number of carbonyl (C=O) groups is 1. The number of aromatic nitrogens is 1. The molecule has 0 bridgehead atoms. The Hall–Kier alpha value is -1.89. The normalized spacial score (nSPS) is 10.6. The van der Waals surface area contributed by atoms with E-state index in [0.717, 1.165) is 5.69 Å². The van der Waals surface area contributed by atoms with Crippen molar-refractivity contribution in [2.45, 2.75) is 25.7 Å². The van der Waals surface area contributed by atoms with Crippen LogP contribution in [0.5, 0.6) is 0 Å². The maximum atomic E-state index is 11.2. The van der Waals surface area contributed by atoms with E-state index in [1.165, 1.54) is 0 Å². The highest BCUT2D eigenvalue weighted by molar-refractivity contribution is 5.78. The maximum Gasteiger partial charge on any atom is 0.234 e. The first-order valence-electron chi connectivity index (χ1n) is 5.11. The average Bonchev–Trinajstić information content (AvgIpc) is 2.28. The number of hydrogen-bond acceptors (Lipinski definition) is 3. The number of carbonyl (C=O) groups excluding carboxylic acids is 1. The summed E-state index contributed by atoms with van der Waals surface area (Å²) in [5.41, 5.74) is 0.694. The molecular weight excluding hydrogens is 202 g/mol. The quantitative estimate of drug-likeness (QED) is 0.828. The lowest BCUT2D eigenvalue weighted by atomic mass is 9.88. The van der Waals surface area contributed by atoms with Crippen molar-refractivity contribution in [2.75, 3.05) is 6.54 Å². The first-order valence-corrected chi connectivity index (χ1v) is 5.11. The number of nitrogens with zero attached hydrogens (tertiary/aromatic N) is 2. The van der Waals surface area contributed by atoms with E-state index in [1.807, 2.05) is 38.1 Å². The number of amides is 1. The van der Waals surface area contributed by atoms with Gasteiger partial charge in [0.2, 0.25) is 5.91 Å². The molecule has 1 N–H and O–H groups in total. The minimum absolute atomic E-state index is 0.0989. The Morgan fingerprint density at radius 1 is 1.56 bits per heavy atom. The van der Waals surface area contributed by atoms with E-state index >= 15 is 0 Å². The van der Waals surface area contributed by atoms with Crippen LogP contribution in [0.15, 0.2) is 24.4 Å². The molecule has 1 heterocycles. The Kier molecular flexibility index (Phi) is 4.01. The third-order valence-corrected chi connectivity index (χ3v) is 2.33. The monoisotopic (exact) mass is 217 g/mol. The second kappa shape index (κ2) is 5.26. The zero-order valence-electron chi connectivity index (χ0n) is 9.53. The van der Waals surface area contributed by atoms with Crippen molar-refractivity contribution in [3.63, 3.8) is 0 Å². The largest absolute Gasteiger partial charge is 0.354 e. The van der Waals surface area contributed by atoms with Gasteiger partial charge in [0.05, 0.1) is 6.07 Å². The fraction of sp³-hybridized carbons (Fsp3) is 0.417. The minimum Gasteiger partial charge on any atom is -0.354 e. The van der Waals surface area contributed by atoms with E-state index in [0.29, 0.717) is 6.54 Å². The van der Waals surface area contributed by atoms with Crippen molar-refractivity contribution >= 4 is 5.91 Å². The highest BCUT2D eigenvalue weighted by Gasteiger charge is 2.22. The lowest BCUT2D eigenvalue weighted by Crippen LogP contribution is -2.36. The molecule has 0 unspecified atom stereocenters. The van der Waals surface area contributed by atoms with Gasteiger partial charge in [-0.3, -0.25) is 9.78 Å². The Labute approximate surface area is 95.3 Å². The van der Waals surface area contributed by atoms with Crippen LogP contribution in [-0.4, -0.2) is 17.4 Å². The number of pyridine rings is 1. The molecule has 0 saturated heterocycles. The van der Waals surface area contributed by atoms with Crippen molar-refractivity contribution in [1.29, 1.82) is 5.26 Å². The van der Waals surface area contributed by atoms with E-state index in [9.17, 15) is 4.79 Å². The summed E-state index contributed by atoms with van der Waals surface area (Å²) in [6, 6.07) is 7.52. The van der Waals surface area contributed by atoms with E-state index in [1.54, 1.807) is 6.20 Å². The van der Waals surface area contributed by atoms with Gasteiger partial charge in [0.15, 0.2) is 0 Å². The molecular formula is C12H15N3O. The molecule has 1 aromatic rings. The molecule has 0 aliphatic rings. The predicted octanol–water partition coefficient (Wildman–Crippen LogP) is 1.39. The van der Waals surface area contributed by atoms with Gasteiger partial charge in [0.25, 0.3) is 0 Å². The number of hydrogen-bond donors (Lipinski definition) is 1. The summed E-state index contributed by atoms with van der Waals surface area (Å²) < 4.78 is 0. The molecule has 4 nitrogen and oxygen atoms in total. The molecule has 0 fully saturated rings. The second-order valence-electron chi connectivity index (χ2n) is 4.21. The van der Waals surface area contributed by atoms with Crippen LogP contribution in [-0.2, 0) is 10.2 Å². The topological polar surface area (TPSA) is 65.8 Å². The SMILES string of the molecule is CC(C)(CNC(=O)CC#N)c1ccccn1. The van der Waals surface area contributed by atoms with Crippen molar-refractivity contribution in [2.24, 2.45) is 0 Å².